The quantitative estimate of drug-likeness (QED) is 0.0265. The van der Waals surface area contributed by atoms with E-state index in [4.69, 9.17) is 14.2 Å². The zero-order chi connectivity index (χ0) is 41.5. The molecule has 6 nitrogen and oxygen atoms in total. The van der Waals surface area contributed by atoms with Crippen molar-refractivity contribution in [3.05, 3.63) is 72.9 Å². The van der Waals surface area contributed by atoms with Gasteiger partial charge in [-0.2, -0.15) is 0 Å². The molecule has 0 aliphatic carbocycles. The van der Waals surface area contributed by atoms with Crippen molar-refractivity contribution in [2.24, 2.45) is 0 Å². The van der Waals surface area contributed by atoms with E-state index in [-0.39, 0.29) is 31.1 Å². The van der Waals surface area contributed by atoms with Crippen molar-refractivity contribution in [2.75, 3.05) is 13.2 Å². The van der Waals surface area contributed by atoms with Crippen molar-refractivity contribution in [3.63, 3.8) is 0 Å². The molecule has 0 aliphatic heterocycles. The Hall–Kier alpha value is -3.15. The van der Waals surface area contributed by atoms with E-state index in [1.807, 2.05) is 0 Å². The maximum absolute atomic E-state index is 12.7. The van der Waals surface area contributed by atoms with Crippen LogP contribution in [-0.2, 0) is 28.6 Å². The molecule has 0 aliphatic rings. The molecule has 0 N–H and O–H groups in total. The summed E-state index contributed by atoms with van der Waals surface area (Å²) in [6.07, 6.45) is 56.1. The third-order valence-electron chi connectivity index (χ3n) is 9.70. The summed E-state index contributed by atoms with van der Waals surface area (Å²) < 4.78 is 16.6. The Labute approximate surface area is 351 Å². The smallest absolute Gasteiger partial charge is 0.306 e. The number of carbonyl (C=O) groups is 3. The highest BCUT2D eigenvalue weighted by molar-refractivity contribution is 5.71. The summed E-state index contributed by atoms with van der Waals surface area (Å²) >= 11 is 0. The average Bonchev–Trinajstić information content (AvgIpc) is 3.21. The molecule has 0 fully saturated rings. The third-order valence-corrected chi connectivity index (χ3v) is 9.70. The zero-order valence-corrected chi connectivity index (χ0v) is 37.1. The van der Waals surface area contributed by atoms with Gasteiger partial charge in [-0.05, 0) is 89.9 Å². The second kappa shape index (κ2) is 45.6. The van der Waals surface area contributed by atoms with Gasteiger partial charge >= 0.3 is 17.9 Å². The monoisotopic (exact) mass is 795 g/mol. The first-order valence-corrected chi connectivity index (χ1v) is 23.4. The summed E-state index contributed by atoms with van der Waals surface area (Å²) in [6, 6.07) is 0. The lowest BCUT2D eigenvalue weighted by Crippen LogP contribution is -2.30. The fraction of sp³-hybridized carbons (Fsp3) is 0.706. The molecule has 0 saturated heterocycles. The van der Waals surface area contributed by atoms with Crippen LogP contribution in [0.15, 0.2) is 72.9 Å². The van der Waals surface area contributed by atoms with Crippen LogP contribution in [0.25, 0.3) is 0 Å². The van der Waals surface area contributed by atoms with Crippen LogP contribution in [0, 0.1) is 0 Å². The average molecular weight is 795 g/mol. The van der Waals surface area contributed by atoms with Crippen LogP contribution in [-0.4, -0.2) is 37.2 Å². The van der Waals surface area contributed by atoms with Gasteiger partial charge in [0, 0.05) is 19.3 Å². The maximum atomic E-state index is 12.7. The molecule has 326 valence electrons. The van der Waals surface area contributed by atoms with E-state index < -0.39 is 6.10 Å². The predicted molar refractivity (Wildman–Crippen MR) is 242 cm³/mol. The summed E-state index contributed by atoms with van der Waals surface area (Å²) in [5.74, 6) is -0.943. The van der Waals surface area contributed by atoms with Gasteiger partial charge in [0.15, 0.2) is 6.10 Å². The summed E-state index contributed by atoms with van der Waals surface area (Å²) in [5.41, 5.74) is 0. The van der Waals surface area contributed by atoms with Crippen LogP contribution in [0.2, 0.25) is 0 Å². The third kappa shape index (κ3) is 43.8. The molecule has 6 heteroatoms. The topological polar surface area (TPSA) is 78.9 Å². The van der Waals surface area contributed by atoms with Gasteiger partial charge in [-0.25, -0.2) is 0 Å². The van der Waals surface area contributed by atoms with Gasteiger partial charge in [0.2, 0.25) is 0 Å². The SMILES string of the molecule is CC/C=C\C/C=C\C/C=C\C/C=C\C/C=C\CCCCCC(=O)OCC(COC(=O)CCCCCCCCC)OC(=O)CCCCCCC/C=C\CCCCCC. The Bertz CT molecular complexity index is 1100. The Morgan fingerprint density at radius 3 is 1.12 bits per heavy atom. The first kappa shape index (κ1) is 53.9. The molecule has 0 aromatic heterocycles. The van der Waals surface area contributed by atoms with Gasteiger partial charge in [0.05, 0.1) is 0 Å². The van der Waals surface area contributed by atoms with Crippen molar-refractivity contribution in [1.29, 1.82) is 0 Å². The van der Waals surface area contributed by atoms with Gasteiger partial charge in [0.1, 0.15) is 13.2 Å². The fourth-order valence-corrected chi connectivity index (χ4v) is 6.17. The number of hydrogen-bond donors (Lipinski definition) is 0. The molecular weight excluding hydrogens is 709 g/mol. The van der Waals surface area contributed by atoms with Crippen molar-refractivity contribution < 1.29 is 28.6 Å². The molecule has 0 amide bonds. The van der Waals surface area contributed by atoms with Crippen molar-refractivity contribution in [2.45, 2.75) is 219 Å². The van der Waals surface area contributed by atoms with Crippen molar-refractivity contribution in [1.82, 2.24) is 0 Å². The van der Waals surface area contributed by atoms with E-state index in [1.54, 1.807) is 0 Å². The van der Waals surface area contributed by atoms with E-state index in [2.05, 4.69) is 93.7 Å². The summed E-state index contributed by atoms with van der Waals surface area (Å²) in [5, 5.41) is 0. The first-order chi connectivity index (χ1) is 28.0. The standard InChI is InChI=1S/C51H86O6/c1-4-7-10-13-16-18-20-22-23-24-25-26-27-29-30-32-35-38-41-44-50(53)56-47-48(46-55-49(52)43-40-37-34-15-12-9-6-3)57-51(54)45-42-39-36-33-31-28-21-19-17-14-11-8-5-2/h7,10,16,18-19,21-23,25-26,29-30,48H,4-6,8-9,11-15,17,20,24,27-28,31-47H2,1-3H3/b10-7-,18-16-,21-19-,23-22-,26-25-,30-29-. The van der Waals surface area contributed by atoms with Gasteiger partial charge < -0.3 is 14.2 Å². The van der Waals surface area contributed by atoms with Crippen molar-refractivity contribution in [3.8, 4) is 0 Å². The zero-order valence-electron chi connectivity index (χ0n) is 37.1. The number of rotatable bonds is 41. The fourth-order valence-electron chi connectivity index (χ4n) is 6.17. The highest BCUT2D eigenvalue weighted by atomic mass is 16.6. The maximum Gasteiger partial charge on any atom is 0.306 e. The first-order valence-electron chi connectivity index (χ1n) is 23.4. The molecule has 0 heterocycles. The minimum absolute atomic E-state index is 0.0896. The van der Waals surface area contributed by atoms with Crippen LogP contribution >= 0.6 is 0 Å². The Morgan fingerprint density at radius 2 is 0.684 bits per heavy atom. The number of unbranched alkanes of at least 4 members (excludes halogenated alkanes) is 18. The minimum Gasteiger partial charge on any atom is -0.462 e. The van der Waals surface area contributed by atoms with Gasteiger partial charge in [-0.15, -0.1) is 0 Å². The van der Waals surface area contributed by atoms with Crippen LogP contribution < -0.4 is 0 Å². The summed E-state index contributed by atoms with van der Waals surface area (Å²) in [6.45, 7) is 6.41. The number of esters is 3. The summed E-state index contributed by atoms with van der Waals surface area (Å²) in [4.78, 5) is 37.6. The molecular formula is C51H86O6. The van der Waals surface area contributed by atoms with E-state index in [0.717, 1.165) is 109 Å². The second-order valence-electron chi connectivity index (χ2n) is 15.3. The summed E-state index contributed by atoms with van der Waals surface area (Å²) in [7, 11) is 0. The molecule has 0 rings (SSSR count). The van der Waals surface area contributed by atoms with E-state index in [0.29, 0.717) is 19.3 Å². The number of carbonyl (C=O) groups excluding carboxylic acids is 3. The molecule has 0 radical (unpaired) electrons. The van der Waals surface area contributed by atoms with Crippen LogP contribution in [0.1, 0.15) is 213 Å². The van der Waals surface area contributed by atoms with Crippen LogP contribution in [0.4, 0.5) is 0 Å². The molecule has 0 saturated carbocycles. The van der Waals surface area contributed by atoms with E-state index in [1.165, 1.54) is 64.2 Å². The molecule has 57 heavy (non-hydrogen) atoms. The highest BCUT2D eigenvalue weighted by Crippen LogP contribution is 2.13. The van der Waals surface area contributed by atoms with Gasteiger partial charge in [0.25, 0.3) is 0 Å². The molecule has 1 atom stereocenters. The normalized spacial score (nSPS) is 12.7. The number of hydrogen-bond acceptors (Lipinski definition) is 6. The lowest BCUT2D eigenvalue weighted by atomic mass is 10.1. The largest absolute Gasteiger partial charge is 0.462 e. The molecule has 0 bridgehead atoms. The molecule has 1 unspecified atom stereocenters. The van der Waals surface area contributed by atoms with E-state index >= 15 is 0 Å². The molecule has 0 spiro atoms. The lowest BCUT2D eigenvalue weighted by molar-refractivity contribution is -0.167. The Kier molecular flexibility index (Phi) is 43.0. The Morgan fingerprint density at radius 1 is 0.368 bits per heavy atom. The Balaban J connectivity index is 4.37. The van der Waals surface area contributed by atoms with Gasteiger partial charge in [-0.1, -0.05) is 177 Å². The minimum atomic E-state index is -0.788. The van der Waals surface area contributed by atoms with Crippen LogP contribution in [0.5, 0.6) is 0 Å². The highest BCUT2D eigenvalue weighted by Gasteiger charge is 2.19. The number of ether oxygens (including phenoxy) is 3. The second-order valence-corrected chi connectivity index (χ2v) is 15.3. The molecule has 0 aromatic carbocycles. The predicted octanol–water partition coefficient (Wildman–Crippen LogP) is 15.1. The number of allylic oxidation sites excluding steroid dienone is 12. The van der Waals surface area contributed by atoms with Gasteiger partial charge in [-0.3, -0.25) is 14.4 Å². The van der Waals surface area contributed by atoms with Crippen molar-refractivity contribution >= 4 is 17.9 Å². The van der Waals surface area contributed by atoms with E-state index in [9.17, 15) is 14.4 Å². The lowest BCUT2D eigenvalue weighted by Gasteiger charge is -2.18. The molecule has 0 aromatic rings. The van der Waals surface area contributed by atoms with Crippen LogP contribution in [0.3, 0.4) is 0 Å².